The van der Waals surface area contributed by atoms with E-state index in [1.54, 1.807) is 4.90 Å². The minimum atomic E-state index is -0.447. The number of nitro groups is 1. The van der Waals surface area contributed by atoms with Gasteiger partial charge in [-0.05, 0) is 25.2 Å². The zero-order valence-corrected chi connectivity index (χ0v) is 15.9. The van der Waals surface area contributed by atoms with Gasteiger partial charge in [-0.3, -0.25) is 10.1 Å². The van der Waals surface area contributed by atoms with Crippen molar-refractivity contribution in [3.8, 4) is 0 Å². The maximum atomic E-state index is 11.6. The molecule has 9 heteroatoms. The van der Waals surface area contributed by atoms with E-state index in [4.69, 9.17) is 5.73 Å². The molecule has 3 N–H and O–H groups in total. The Morgan fingerprint density at radius 1 is 1.19 bits per heavy atom. The number of likely N-dealkylation sites (N-methyl/N-ethyl adjacent to an activating group) is 1. The van der Waals surface area contributed by atoms with Gasteiger partial charge in [-0.25, -0.2) is 0 Å². The molecule has 9 nitrogen and oxygen atoms in total. The van der Waals surface area contributed by atoms with Crippen molar-refractivity contribution in [3.63, 3.8) is 0 Å². The summed E-state index contributed by atoms with van der Waals surface area (Å²) >= 11 is 0. The van der Waals surface area contributed by atoms with Crippen molar-refractivity contribution in [1.29, 1.82) is 0 Å². The van der Waals surface area contributed by atoms with Crippen LogP contribution in [0.1, 0.15) is 27.2 Å². The zero-order valence-electron chi connectivity index (χ0n) is 15.9. The van der Waals surface area contributed by atoms with Crippen molar-refractivity contribution in [2.45, 2.75) is 27.2 Å². The molecule has 144 valence electrons. The number of piperidine rings is 1. The molecule has 0 spiro atoms. The summed E-state index contributed by atoms with van der Waals surface area (Å²) in [5, 5.41) is 11.6. The smallest absolute Gasteiger partial charge is 0.353 e. The maximum absolute atomic E-state index is 11.6. The Morgan fingerprint density at radius 2 is 1.81 bits per heavy atom. The van der Waals surface area contributed by atoms with Gasteiger partial charge in [-0.2, -0.15) is 9.97 Å². The first-order chi connectivity index (χ1) is 12.4. The van der Waals surface area contributed by atoms with Gasteiger partial charge in [0.2, 0.25) is 17.6 Å². The Labute approximate surface area is 154 Å². The molecule has 0 radical (unpaired) electrons. The predicted molar refractivity (Wildman–Crippen MR) is 102 cm³/mol. The molecule has 0 aliphatic carbocycles. The average molecular weight is 364 g/mol. The Bertz CT molecular complexity index is 651. The molecule has 0 unspecified atom stereocenters. The molecule has 0 amide bonds. The monoisotopic (exact) mass is 364 g/mol. The third-order valence-electron chi connectivity index (χ3n) is 5.49. The van der Waals surface area contributed by atoms with Crippen LogP contribution in [0.3, 0.4) is 0 Å². The summed E-state index contributed by atoms with van der Waals surface area (Å²) in [6.07, 6.45) is 1.12. The van der Waals surface area contributed by atoms with E-state index >= 15 is 0 Å². The highest BCUT2D eigenvalue weighted by Crippen LogP contribution is 2.36. The molecule has 2 saturated heterocycles. The number of hydrogen-bond acceptors (Lipinski definition) is 7. The van der Waals surface area contributed by atoms with Crippen LogP contribution in [-0.2, 0) is 0 Å². The molecule has 0 aromatic carbocycles. The van der Waals surface area contributed by atoms with Crippen molar-refractivity contribution in [2.75, 3.05) is 61.3 Å². The summed E-state index contributed by atoms with van der Waals surface area (Å²) < 4.78 is 0. The number of nitrogens with zero attached hydrogens (tertiary/aromatic N) is 5. The number of aromatic nitrogens is 2. The van der Waals surface area contributed by atoms with Crippen LogP contribution in [0.4, 0.5) is 23.3 Å². The number of hydrogen-bond donors (Lipinski definition) is 2. The van der Waals surface area contributed by atoms with Crippen LogP contribution < -0.4 is 20.4 Å². The van der Waals surface area contributed by atoms with Crippen molar-refractivity contribution in [2.24, 2.45) is 11.8 Å². The number of nitrogens with two attached hydrogens (primary N) is 1. The summed E-state index contributed by atoms with van der Waals surface area (Å²) in [4.78, 5) is 25.7. The fraction of sp³-hybridized carbons (Fsp3) is 0.765. The SMILES string of the molecule is CC[NH+]1CCN(c2nc(N)c([N+](=O)[O-])c(N3C[C@H](C)C[C@H](C)C3)n2)CC1. The third-order valence-corrected chi connectivity index (χ3v) is 5.49. The van der Waals surface area contributed by atoms with Crippen molar-refractivity contribution in [3.05, 3.63) is 10.1 Å². The lowest BCUT2D eigenvalue weighted by atomic mass is 9.92. The first kappa shape index (κ1) is 18.6. The number of rotatable bonds is 4. The summed E-state index contributed by atoms with van der Waals surface area (Å²) in [7, 11) is 0. The molecule has 0 bridgehead atoms. The van der Waals surface area contributed by atoms with Crippen LogP contribution in [-0.4, -0.2) is 60.7 Å². The van der Waals surface area contributed by atoms with Crippen molar-refractivity contribution >= 4 is 23.3 Å². The lowest BCUT2D eigenvalue weighted by Crippen LogP contribution is -3.14. The molecule has 2 atom stereocenters. The molecule has 2 aliphatic rings. The van der Waals surface area contributed by atoms with E-state index in [-0.39, 0.29) is 11.5 Å². The number of nitrogens with one attached hydrogen (secondary N) is 1. The van der Waals surface area contributed by atoms with Gasteiger partial charge in [-0.15, -0.1) is 0 Å². The number of piperazine rings is 1. The molecular formula is C17H30N7O2+. The third kappa shape index (κ3) is 3.82. The first-order valence-electron chi connectivity index (χ1n) is 9.54. The Kier molecular flexibility index (Phi) is 5.45. The largest absolute Gasteiger partial charge is 0.378 e. The molecular weight excluding hydrogens is 334 g/mol. The quantitative estimate of drug-likeness (QED) is 0.580. The van der Waals surface area contributed by atoms with E-state index < -0.39 is 4.92 Å². The normalized spacial score (nSPS) is 24.7. The Balaban J connectivity index is 1.93. The second-order valence-electron chi connectivity index (χ2n) is 7.78. The fourth-order valence-electron chi connectivity index (χ4n) is 4.20. The van der Waals surface area contributed by atoms with Gasteiger partial charge in [0.05, 0.1) is 37.6 Å². The molecule has 1 aromatic heterocycles. The number of nitrogen functional groups attached to an aromatic ring is 1. The van der Waals surface area contributed by atoms with Crippen LogP contribution in [0.25, 0.3) is 0 Å². The van der Waals surface area contributed by atoms with Crippen LogP contribution in [0.2, 0.25) is 0 Å². The second kappa shape index (κ2) is 7.61. The van der Waals surface area contributed by atoms with E-state index in [0.29, 0.717) is 23.6 Å². The number of quaternary nitrogens is 1. The van der Waals surface area contributed by atoms with Gasteiger partial charge in [0.25, 0.3) is 0 Å². The standard InChI is InChI=1S/C17H29N7O2/c1-4-21-5-7-22(8-6-21)17-19-15(18)14(24(25)26)16(20-17)23-10-12(2)9-13(3)11-23/h12-13H,4-11H2,1-3H3,(H2,18,19,20)/p+1/t12-,13+. The molecule has 2 aliphatic heterocycles. The maximum Gasteiger partial charge on any atom is 0.353 e. The fourth-order valence-corrected chi connectivity index (χ4v) is 4.20. The van der Waals surface area contributed by atoms with Crippen LogP contribution in [0, 0.1) is 22.0 Å². The zero-order chi connectivity index (χ0) is 18.8. The molecule has 3 heterocycles. The van der Waals surface area contributed by atoms with Gasteiger partial charge in [-0.1, -0.05) is 13.8 Å². The Morgan fingerprint density at radius 3 is 2.35 bits per heavy atom. The van der Waals surface area contributed by atoms with Gasteiger partial charge >= 0.3 is 5.69 Å². The van der Waals surface area contributed by atoms with E-state index in [2.05, 4.69) is 35.6 Å². The lowest BCUT2D eigenvalue weighted by molar-refractivity contribution is -0.898. The topological polar surface area (TPSA) is 106 Å². The van der Waals surface area contributed by atoms with E-state index in [1.807, 2.05) is 4.90 Å². The first-order valence-corrected chi connectivity index (χ1v) is 9.54. The Hall–Kier alpha value is -2.16. The highest BCUT2D eigenvalue weighted by atomic mass is 16.6. The predicted octanol–water partition coefficient (Wildman–Crippen LogP) is 0.174. The van der Waals surface area contributed by atoms with Crippen LogP contribution in [0.5, 0.6) is 0 Å². The minimum absolute atomic E-state index is 0.0360. The van der Waals surface area contributed by atoms with E-state index in [9.17, 15) is 10.1 Å². The summed E-state index contributed by atoms with van der Waals surface area (Å²) in [5.41, 5.74) is 5.85. The van der Waals surface area contributed by atoms with Crippen LogP contribution in [0.15, 0.2) is 0 Å². The summed E-state index contributed by atoms with van der Waals surface area (Å²) in [6.45, 7) is 12.9. The average Bonchev–Trinajstić information content (AvgIpc) is 2.60. The lowest BCUT2D eigenvalue weighted by Gasteiger charge is -2.36. The van der Waals surface area contributed by atoms with Crippen LogP contribution >= 0.6 is 0 Å². The van der Waals surface area contributed by atoms with E-state index in [1.165, 1.54) is 0 Å². The molecule has 26 heavy (non-hydrogen) atoms. The molecule has 3 rings (SSSR count). The number of anilines is 3. The summed E-state index contributed by atoms with van der Waals surface area (Å²) in [5.74, 6) is 1.79. The van der Waals surface area contributed by atoms with Crippen molar-refractivity contribution in [1.82, 2.24) is 9.97 Å². The minimum Gasteiger partial charge on any atom is -0.378 e. The highest BCUT2D eigenvalue weighted by molar-refractivity contribution is 5.71. The van der Waals surface area contributed by atoms with Gasteiger partial charge in [0.1, 0.15) is 0 Å². The van der Waals surface area contributed by atoms with Gasteiger partial charge < -0.3 is 20.4 Å². The molecule has 0 saturated carbocycles. The highest BCUT2D eigenvalue weighted by Gasteiger charge is 2.33. The second-order valence-corrected chi connectivity index (χ2v) is 7.78. The van der Waals surface area contributed by atoms with Crippen molar-refractivity contribution < 1.29 is 9.82 Å². The van der Waals surface area contributed by atoms with Gasteiger partial charge in [0.15, 0.2) is 0 Å². The summed E-state index contributed by atoms with van der Waals surface area (Å²) in [6, 6.07) is 0. The molecule has 2 fully saturated rings. The van der Waals surface area contributed by atoms with E-state index in [0.717, 1.165) is 52.2 Å². The molecule has 1 aromatic rings. The van der Waals surface area contributed by atoms with Gasteiger partial charge in [0, 0.05) is 13.1 Å².